The van der Waals surface area contributed by atoms with Crippen LogP contribution in [-0.2, 0) is 0 Å². The van der Waals surface area contributed by atoms with Crippen molar-refractivity contribution < 1.29 is 0 Å². The zero-order valence-corrected chi connectivity index (χ0v) is 31.4. The number of rotatable bonds is 31. The van der Waals surface area contributed by atoms with E-state index in [4.69, 9.17) is 0 Å². The van der Waals surface area contributed by atoms with Gasteiger partial charge in [-0.2, -0.15) is 0 Å². The lowest BCUT2D eigenvalue weighted by Crippen LogP contribution is -2.33. The molecule has 0 heterocycles. The van der Waals surface area contributed by atoms with Crippen molar-refractivity contribution in [3.8, 4) is 0 Å². The van der Waals surface area contributed by atoms with Gasteiger partial charge in [-0.05, 0) is 54.8 Å². The molecule has 0 aromatic heterocycles. The Morgan fingerprint density at radius 2 is 0.814 bits per heavy atom. The highest BCUT2D eigenvalue weighted by Gasteiger charge is 2.36. The monoisotopic (exact) mass is 603 g/mol. The van der Waals surface area contributed by atoms with Crippen molar-refractivity contribution in [2.24, 2.45) is 35.5 Å². The zero-order valence-electron chi connectivity index (χ0n) is 31.4. The van der Waals surface area contributed by atoms with Crippen molar-refractivity contribution in [1.29, 1.82) is 0 Å². The molecular formula is C43H86. The average molecular weight is 603 g/mol. The second-order valence-corrected chi connectivity index (χ2v) is 16.2. The first-order chi connectivity index (χ1) is 21.0. The van der Waals surface area contributed by atoms with E-state index in [9.17, 15) is 0 Å². The number of hydrogen-bond acceptors (Lipinski definition) is 0. The fourth-order valence-electron chi connectivity index (χ4n) is 8.55. The van der Waals surface area contributed by atoms with E-state index < -0.39 is 0 Å². The van der Waals surface area contributed by atoms with E-state index in [2.05, 4.69) is 41.5 Å². The number of unbranched alkanes of at least 4 members (excludes halogenated alkanes) is 18. The minimum Gasteiger partial charge on any atom is -0.0654 e. The van der Waals surface area contributed by atoms with Crippen molar-refractivity contribution in [3.63, 3.8) is 0 Å². The summed E-state index contributed by atoms with van der Waals surface area (Å²) in [7, 11) is 0. The van der Waals surface area contributed by atoms with E-state index >= 15 is 0 Å². The first-order valence-electron chi connectivity index (χ1n) is 21.0. The van der Waals surface area contributed by atoms with Crippen LogP contribution in [0.4, 0.5) is 0 Å². The van der Waals surface area contributed by atoms with Gasteiger partial charge in [-0.1, -0.05) is 221 Å². The molecule has 1 rings (SSSR count). The predicted octanol–water partition coefficient (Wildman–Crippen LogP) is 15.9. The van der Waals surface area contributed by atoms with Gasteiger partial charge >= 0.3 is 0 Å². The van der Waals surface area contributed by atoms with Gasteiger partial charge in [-0.15, -0.1) is 0 Å². The molecule has 5 unspecified atom stereocenters. The first kappa shape index (κ1) is 41.0. The van der Waals surface area contributed by atoms with Gasteiger partial charge < -0.3 is 0 Å². The van der Waals surface area contributed by atoms with Crippen molar-refractivity contribution in [2.45, 2.75) is 241 Å². The topological polar surface area (TPSA) is 0 Å². The van der Waals surface area contributed by atoms with Crippen LogP contribution in [-0.4, -0.2) is 0 Å². The SMILES string of the molecule is CCCCCCCCC1C(CCCCCC)CC(CCCCCCCCC(C)C)CC1CCCCCCCCC(C)CC. The third-order valence-electron chi connectivity index (χ3n) is 11.7. The molecule has 0 radical (unpaired) electrons. The Morgan fingerprint density at radius 3 is 1.30 bits per heavy atom. The predicted molar refractivity (Wildman–Crippen MR) is 198 cm³/mol. The molecule has 258 valence electrons. The molecule has 0 nitrogen and oxygen atoms in total. The van der Waals surface area contributed by atoms with Crippen LogP contribution in [0.3, 0.4) is 0 Å². The molecule has 1 aliphatic carbocycles. The molecule has 0 bridgehead atoms. The molecule has 1 saturated carbocycles. The van der Waals surface area contributed by atoms with Crippen LogP contribution in [0.1, 0.15) is 241 Å². The Morgan fingerprint density at radius 1 is 0.419 bits per heavy atom. The van der Waals surface area contributed by atoms with Gasteiger partial charge in [-0.3, -0.25) is 0 Å². The fourth-order valence-corrected chi connectivity index (χ4v) is 8.55. The summed E-state index contributed by atoms with van der Waals surface area (Å²) < 4.78 is 0. The van der Waals surface area contributed by atoms with Gasteiger partial charge in [-0.25, -0.2) is 0 Å². The maximum absolute atomic E-state index is 2.44. The third-order valence-corrected chi connectivity index (χ3v) is 11.7. The number of hydrogen-bond donors (Lipinski definition) is 0. The van der Waals surface area contributed by atoms with Crippen molar-refractivity contribution in [1.82, 2.24) is 0 Å². The normalized spacial score (nSPS) is 21.6. The summed E-state index contributed by atoms with van der Waals surface area (Å²) >= 11 is 0. The highest BCUT2D eigenvalue weighted by atomic mass is 14.4. The molecule has 5 atom stereocenters. The van der Waals surface area contributed by atoms with Crippen LogP contribution in [0.2, 0.25) is 0 Å². The second-order valence-electron chi connectivity index (χ2n) is 16.2. The Balaban J connectivity index is 2.62. The van der Waals surface area contributed by atoms with Crippen LogP contribution in [0.25, 0.3) is 0 Å². The average Bonchev–Trinajstić information content (AvgIpc) is 3.00. The van der Waals surface area contributed by atoms with Gasteiger partial charge in [0.05, 0.1) is 0 Å². The summed E-state index contributed by atoms with van der Waals surface area (Å²) in [6, 6.07) is 0. The van der Waals surface area contributed by atoms with Crippen LogP contribution in [0, 0.1) is 35.5 Å². The van der Waals surface area contributed by atoms with E-state index in [0.717, 1.165) is 35.5 Å². The lowest BCUT2D eigenvalue weighted by atomic mass is 9.62. The van der Waals surface area contributed by atoms with E-state index in [1.54, 1.807) is 38.5 Å². The molecule has 0 amide bonds. The maximum atomic E-state index is 2.44. The van der Waals surface area contributed by atoms with Gasteiger partial charge in [0.15, 0.2) is 0 Å². The highest BCUT2D eigenvalue weighted by molar-refractivity contribution is 4.87. The molecule has 0 N–H and O–H groups in total. The molecule has 0 aromatic carbocycles. The minimum atomic E-state index is 0.888. The molecule has 0 aliphatic heterocycles. The summed E-state index contributed by atoms with van der Waals surface area (Å²) in [5.74, 6) is 6.02. The third kappa shape index (κ3) is 23.0. The van der Waals surface area contributed by atoms with E-state index in [1.807, 2.05) is 0 Å². The van der Waals surface area contributed by atoms with E-state index in [0.29, 0.717) is 0 Å². The van der Waals surface area contributed by atoms with Crippen LogP contribution < -0.4 is 0 Å². The zero-order chi connectivity index (χ0) is 31.4. The van der Waals surface area contributed by atoms with E-state index in [1.165, 1.54) is 161 Å². The minimum absolute atomic E-state index is 0.888. The fraction of sp³-hybridized carbons (Fsp3) is 1.00. The van der Waals surface area contributed by atoms with Crippen molar-refractivity contribution in [3.05, 3.63) is 0 Å². The van der Waals surface area contributed by atoms with Gasteiger partial charge in [0.1, 0.15) is 0 Å². The largest absolute Gasteiger partial charge is 0.0654 e. The quantitative estimate of drug-likeness (QED) is 0.0692. The summed E-state index contributed by atoms with van der Waals surface area (Å²) in [6.07, 6.45) is 46.2. The molecule has 1 fully saturated rings. The lowest BCUT2D eigenvalue weighted by Gasteiger charge is -2.43. The Labute approximate surface area is 275 Å². The standard InChI is InChI=1S/C43H86/c1-7-10-12-14-23-29-35-43-41(33-27-13-11-8-2)36-40(32-26-21-17-15-19-24-30-38(4)5)37-42(43)34-28-22-18-16-20-25-31-39(6)9-3/h38-43H,7-37H2,1-6H3. The molecule has 0 heteroatoms. The van der Waals surface area contributed by atoms with E-state index in [-0.39, 0.29) is 0 Å². The molecule has 0 spiro atoms. The molecule has 0 aromatic rings. The Bertz CT molecular complexity index is 548. The smallest absolute Gasteiger partial charge is 0.0357 e. The highest BCUT2D eigenvalue weighted by Crippen LogP contribution is 2.47. The van der Waals surface area contributed by atoms with Crippen LogP contribution >= 0.6 is 0 Å². The summed E-state index contributed by atoms with van der Waals surface area (Å²) in [5, 5.41) is 0. The summed E-state index contributed by atoms with van der Waals surface area (Å²) in [5.41, 5.74) is 0. The Hall–Kier alpha value is 0. The van der Waals surface area contributed by atoms with Gasteiger partial charge in [0.25, 0.3) is 0 Å². The summed E-state index contributed by atoms with van der Waals surface area (Å²) in [4.78, 5) is 0. The molecule has 43 heavy (non-hydrogen) atoms. The van der Waals surface area contributed by atoms with Crippen molar-refractivity contribution >= 4 is 0 Å². The van der Waals surface area contributed by atoms with Crippen molar-refractivity contribution in [2.75, 3.05) is 0 Å². The van der Waals surface area contributed by atoms with Gasteiger partial charge in [0, 0.05) is 0 Å². The van der Waals surface area contributed by atoms with Crippen LogP contribution in [0.15, 0.2) is 0 Å². The first-order valence-corrected chi connectivity index (χ1v) is 21.0. The maximum Gasteiger partial charge on any atom is -0.0357 e. The molecular weight excluding hydrogens is 516 g/mol. The lowest BCUT2D eigenvalue weighted by molar-refractivity contribution is 0.0741. The van der Waals surface area contributed by atoms with Crippen LogP contribution in [0.5, 0.6) is 0 Å². The second kappa shape index (κ2) is 29.4. The summed E-state index contributed by atoms with van der Waals surface area (Å²) in [6.45, 7) is 14.3. The Kier molecular flexibility index (Phi) is 28.1. The van der Waals surface area contributed by atoms with Gasteiger partial charge in [0.2, 0.25) is 0 Å². The molecule has 1 aliphatic rings. The molecule has 0 saturated heterocycles.